The van der Waals surface area contributed by atoms with Gasteiger partial charge in [-0.3, -0.25) is 0 Å². The van der Waals surface area contributed by atoms with Crippen molar-refractivity contribution in [1.82, 2.24) is 0 Å². The summed E-state index contributed by atoms with van der Waals surface area (Å²) < 4.78 is 26.1. The maximum absolute atomic E-state index is 10.7. The molecule has 0 aliphatic heterocycles. The van der Waals surface area contributed by atoms with Crippen LogP contribution in [0.3, 0.4) is 0 Å². The van der Waals surface area contributed by atoms with E-state index in [9.17, 15) is 8.76 Å². The number of nitrogens with one attached hydrogen (secondary N) is 1. The Bertz CT molecular complexity index is 672. The molecule has 20 heavy (non-hydrogen) atoms. The third kappa shape index (κ3) is 3.72. The Morgan fingerprint density at radius 3 is 2.65 bits per heavy atom. The molecular formula is C12H9N4O3S-. The highest BCUT2D eigenvalue weighted by molar-refractivity contribution is 7.74. The summed E-state index contributed by atoms with van der Waals surface area (Å²) in [4.78, 5) is 2.63. The van der Waals surface area contributed by atoms with Crippen LogP contribution in [0.4, 0.5) is 17.1 Å². The minimum Gasteiger partial charge on any atom is -0.740 e. The maximum Gasteiger partial charge on any atom is 0.163 e. The fourth-order valence-electron chi connectivity index (χ4n) is 1.55. The summed E-state index contributed by atoms with van der Waals surface area (Å²) in [7, 11) is 0. The molecule has 7 nitrogen and oxygen atoms in total. The molecule has 0 saturated heterocycles. The van der Waals surface area contributed by atoms with Crippen molar-refractivity contribution < 1.29 is 12.9 Å². The van der Waals surface area contributed by atoms with E-state index in [0.29, 0.717) is 5.69 Å². The quantitative estimate of drug-likeness (QED) is 0.392. The Balaban J connectivity index is 2.35. The lowest BCUT2D eigenvalue weighted by Gasteiger charge is -2.14. The fraction of sp³-hybridized carbons (Fsp3) is 0. The van der Waals surface area contributed by atoms with Crippen LogP contribution < -0.4 is 9.50 Å². The van der Waals surface area contributed by atoms with Crippen molar-refractivity contribution in [2.75, 3.05) is 5.32 Å². The van der Waals surface area contributed by atoms with E-state index in [-0.39, 0.29) is 11.4 Å². The van der Waals surface area contributed by atoms with Crippen LogP contribution in [0.1, 0.15) is 0 Å². The van der Waals surface area contributed by atoms with E-state index in [1.54, 1.807) is 12.1 Å². The normalized spacial score (nSPS) is 11.2. The van der Waals surface area contributed by atoms with Gasteiger partial charge in [-0.05, 0) is 29.8 Å². The summed E-state index contributed by atoms with van der Waals surface area (Å²) in [5, 5.41) is 6.41. The molecule has 0 spiro atoms. The molecule has 102 valence electrons. The minimum absolute atomic E-state index is 0.0482. The number of hydrogen-bond donors (Lipinski definition) is 1. The van der Waals surface area contributed by atoms with Crippen LogP contribution >= 0.6 is 0 Å². The second kappa shape index (κ2) is 6.58. The number of rotatable bonds is 5. The highest BCUT2D eigenvalue weighted by Crippen LogP contribution is 2.32. The Hall–Kier alpha value is -2.54. The first-order chi connectivity index (χ1) is 9.69. The van der Waals surface area contributed by atoms with Crippen LogP contribution in [-0.2, 0) is 11.4 Å². The summed E-state index contributed by atoms with van der Waals surface area (Å²) >= 11 is -2.72. The predicted molar refractivity (Wildman–Crippen MR) is 74.5 cm³/mol. The van der Waals surface area contributed by atoms with E-state index in [1.165, 1.54) is 6.07 Å². The molecule has 1 N–H and O–H groups in total. The lowest BCUT2D eigenvalue weighted by Crippen LogP contribution is -2.01. The highest BCUT2D eigenvalue weighted by atomic mass is 32.2. The van der Waals surface area contributed by atoms with Crippen molar-refractivity contribution in [3.8, 4) is 5.75 Å². The first kappa shape index (κ1) is 13.9. The average molecular weight is 289 g/mol. The van der Waals surface area contributed by atoms with E-state index in [0.717, 1.165) is 5.69 Å². The summed E-state index contributed by atoms with van der Waals surface area (Å²) in [5.41, 5.74) is 9.84. The molecule has 2 aromatic rings. The molecule has 0 fully saturated rings. The summed E-state index contributed by atoms with van der Waals surface area (Å²) in [5.74, 6) is 0.0482. The molecule has 1 atom stereocenters. The fourth-order valence-corrected chi connectivity index (χ4v) is 1.83. The Labute approximate surface area is 117 Å². The van der Waals surface area contributed by atoms with Gasteiger partial charge >= 0.3 is 0 Å². The molecule has 0 bridgehead atoms. The van der Waals surface area contributed by atoms with Gasteiger partial charge in [-0.25, -0.2) is 4.21 Å². The summed E-state index contributed by atoms with van der Waals surface area (Å²) in [6, 6.07) is 13.6. The molecule has 1 unspecified atom stereocenters. The van der Waals surface area contributed by atoms with Crippen molar-refractivity contribution in [2.24, 2.45) is 5.11 Å². The molecule has 0 amide bonds. The van der Waals surface area contributed by atoms with Gasteiger partial charge in [-0.15, -0.1) is 0 Å². The van der Waals surface area contributed by atoms with Crippen molar-refractivity contribution >= 4 is 28.4 Å². The maximum atomic E-state index is 10.7. The standard InChI is InChI=1S/C12H10N4O3S/c13-16-15-10-6-7-11(12(8-10)19-20(17)18)14-9-4-2-1-3-5-9/h1-8,14H,(H,17,18)/p-1. The predicted octanol–water partition coefficient (Wildman–Crippen LogP) is 3.54. The largest absolute Gasteiger partial charge is 0.740 e. The second-order valence-electron chi connectivity index (χ2n) is 3.65. The molecule has 2 rings (SSSR count). The smallest absolute Gasteiger partial charge is 0.163 e. The topological polar surface area (TPSA) is 110 Å². The summed E-state index contributed by atoms with van der Waals surface area (Å²) in [6.07, 6.45) is 0. The number of hydrogen-bond acceptors (Lipinski definition) is 5. The van der Waals surface area contributed by atoms with Gasteiger partial charge in [-0.2, -0.15) is 0 Å². The van der Waals surface area contributed by atoms with E-state index in [1.807, 2.05) is 30.3 Å². The van der Waals surface area contributed by atoms with Crippen LogP contribution in [0, 0.1) is 0 Å². The Morgan fingerprint density at radius 2 is 2.00 bits per heavy atom. The van der Waals surface area contributed by atoms with Crippen molar-refractivity contribution in [3.63, 3.8) is 0 Å². The first-order valence-electron chi connectivity index (χ1n) is 5.48. The lowest BCUT2D eigenvalue weighted by molar-refractivity contribution is 0.441. The number of nitrogens with zero attached hydrogens (tertiary/aromatic N) is 3. The van der Waals surface area contributed by atoms with Crippen molar-refractivity contribution in [2.45, 2.75) is 0 Å². The zero-order valence-electron chi connectivity index (χ0n) is 10.1. The first-order valence-corrected chi connectivity index (χ1v) is 6.48. The molecular weight excluding hydrogens is 280 g/mol. The van der Waals surface area contributed by atoms with Gasteiger partial charge in [0.05, 0.1) is 5.69 Å². The van der Waals surface area contributed by atoms with Crippen LogP contribution in [0.15, 0.2) is 53.6 Å². The van der Waals surface area contributed by atoms with E-state index in [2.05, 4.69) is 19.5 Å². The molecule has 0 saturated carbocycles. The van der Waals surface area contributed by atoms with Gasteiger partial charge in [0.1, 0.15) is 11.4 Å². The Kier molecular flexibility index (Phi) is 4.56. The van der Waals surface area contributed by atoms with Gasteiger partial charge < -0.3 is 14.1 Å². The van der Waals surface area contributed by atoms with E-state index >= 15 is 0 Å². The van der Waals surface area contributed by atoms with Crippen LogP contribution in [0.5, 0.6) is 5.75 Å². The third-order valence-electron chi connectivity index (χ3n) is 2.34. The second-order valence-corrected chi connectivity index (χ2v) is 4.22. The molecule has 0 aromatic heterocycles. The molecule has 0 heterocycles. The zero-order valence-corrected chi connectivity index (χ0v) is 10.9. The van der Waals surface area contributed by atoms with Crippen LogP contribution in [-0.4, -0.2) is 8.76 Å². The molecule has 0 aliphatic rings. The van der Waals surface area contributed by atoms with Gasteiger partial charge in [0.2, 0.25) is 0 Å². The third-order valence-corrected chi connectivity index (χ3v) is 2.65. The summed E-state index contributed by atoms with van der Waals surface area (Å²) in [6.45, 7) is 0. The molecule has 0 radical (unpaired) electrons. The Morgan fingerprint density at radius 1 is 1.25 bits per heavy atom. The van der Waals surface area contributed by atoms with E-state index < -0.39 is 11.4 Å². The zero-order chi connectivity index (χ0) is 14.4. The van der Waals surface area contributed by atoms with Gasteiger partial charge in [-0.1, -0.05) is 29.4 Å². The number of para-hydroxylation sites is 1. The average Bonchev–Trinajstić information content (AvgIpc) is 2.42. The highest BCUT2D eigenvalue weighted by Gasteiger charge is 2.06. The monoisotopic (exact) mass is 289 g/mol. The molecule has 2 aromatic carbocycles. The van der Waals surface area contributed by atoms with Crippen LogP contribution in [0.2, 0.25) is 0 Å². The van der Waals surface area contributed by atoms with Crippen molar-refractivity contribution in [3.05, 3.63) is 59.0 Å². The molecule has 0 aliphatic carbocycles. The lowest BCUT2D eigenvalue weighted by atomic mass is 10.2. The van der Waals surface area contributed by atoms with Crippen molar-refractivity contribution in [1.29, 1.82) is 0 Å². The van der Waals surface area contributed by atoms with E-state index in [4.69, 9.17) is 5.53 Å². The van der Waals surface area contributed by atoms with Gasteiger partial charge in [0.25, 0.3) is 0 Å². The van der Waals surface area contributed by atoms with Gasteiger partial charge in [0.15, 0.2) is 5.75 Å². The molecule has 8 heteroatoms. The number of azide groups is 1. The number of anilines is 2. The van der Waals surface area contributed by atoms with Crippen LogP contribution in [0.25, 0.3) is 10.4 Å². The number of benzene rings is 2. The SMILES string of the molecule is [N-]=[N+]=Nc1ccc(Nc2ccccc2)c(OS(=O)[O-])c1. The van der Waals surface area contributed by atoms with Gasteiger partial charge in [0, 0.05) is 16.3 Å². The minimum atomic E-state index is -2.72.